The van der Waals surface area contributed by atoms with Gasteiger partial charge < -0.3 is 0 Å². The van der Waals surface area contributed by atoms with Gasteiger partial charge in [0.1, 0.15) is 0 Å². The van der Waals surface area contributed by atoms with Gasteiger partial charge in [0.25, 0.3) is 0 Å². The summed E-state index contributed by atoms with van der Waals surface area (Å²) in [6, 6.07) is 46.9. The zero-order valence-electron chi connectivity index (χ0n) is 22.0. The Morgan fingerprint density at radius 3 is 2.20 bits per heavy atom. The molecular formula is C37H23N3S. The van der Waals surface area contributed by atoms with E-state index in [1.807, 2.05) is 29.8 Å². The molecule has 0 aliphatic rings. The van der Waals surface area contributed by atoms with Gasteiger partial charge in [0, 0.05) is 16.5 Å². The van der Waals surface area contributed by atoms with Crippen LogP contribution in [0.5, 0.6) is 0 Å². The molecule has 3 nitrogen and oxygen atoms in total. The highest BCUT2D eigenvalue weighted by molar-refractivity contribution is 7.16. The second-order valence-electron chi connectivity index (χ2n) is 10.1. The number of benzene rings is 6. The van der Waals surface area contributed by atoms with Crippen molar-refractivity contribution in [2.75, 3.05) is 0 Å². The zero-order valence-corrected chi connectivity index (χ0v) is 22.8. The first-order valence-corrected chi connectivity index (χ1v) is 14.5. The lowest BCUT2D eigenvalue weighted by atomic mass is 9.89. The standard InChI is InChI=1S/C37H23N3S/c1-2-10-25(11-3-1)37-39-32-16-7-6-15-31(32)36(40-37)28-13-8-12-26(21-28)30-19-17-24-9-4-5-14-29(24)35(30)27-18-20-33-34(22-27)41-23-38-33/h1-23H. The molecule has 0 bridgehead atoms. The van der Waals surface area contributed by atoms with Crippen LogP contribution in [0.3, 0.4) is 0 Å². The van der Waals surface area contributed by atoms with Crippen molar-refractivity contribution >= 4 is 43.2 Å². The molecule has 8 aromatic rings. The number of nitrogens with zero attached hydrogens (tertiary/aromatic N) is 3. The van der Waals surface area contributed by atoms with Gasteiger partial charge in [-0.25, -0.2) is 15.0 Å². The van der Waals surface area contributed by atoms with Crippen LogP contribution in [0.15, 0.2) is 139 Å². The van der Waals surface area contributed by atoms with Gasteiger partial charge in [-0.2, -0.15) is 0 Å². The Hall–Kier alpha value is -5.19. The summed E-state index contributed by atoms with van der Waals surface area (Å²) in [7, 11) is 0. The van der Waals surface area contributed by atoms with E-state index in [1.54, 1.807) is 11.3 Å². The van der Waals surface area contributed by atoms with Crippen molar-refractivity contribution in [2.24, 2.45) is 0 Å². The van der Waals surface area contributed by atoms with Gasteiger partial charge in [0.05, 0.1) is 26.9 Å². The average Bonchev–Trinajstić information content (AvgIpc) is 3.52. The first-order chi connectivity index (χ1) is 20.3. The van der Waals surface area contributed by atoms with Crippen LogP contribution in [0.25, 0.3) is 76.8 Å². The summed E-state index contributed by atoms with van der Waals surface area (Å²) >= 11 is 1.68. The molecule has 8 rings (SSSR count). The monoisotopic (exact) mass is 541 g/mol. The van der Waals surface area contributed by atoms with Crippen molar-refractivity contribution in [1.29, 1.82) is 0 Å². The minimum Gasteiger partial charge on any atom is -0.245 e. The maximum absolute atomic E-state index is 5.12. The summed E-state index contributed by atoms with van der Waals surface area (Å²) in [6.45, 7) is 0. The Bertz CT molecular complexity index is 2220. The quantitative estimate of drug-likeness (QED) is 0.222. The molecule has 4 heteroatoms. The van der Waals surface area contributed by atoms with Gasteiger partial charge in [0.2, 0.25) is 0 Å². The van der Waals surface area contributed by atoms with Gasteiger partial charge in [-0.05, 0) is 57.3 Å². The minimum absolute atomic E-state index is 0.731. The molecule has 0 N–H and O–H groups in total. The molecule has 2 aromatic heterocycles. The van der Waals surface area contributed by atoms with E-state index in [4.69, 9.17) is 9.97 Å². The third-order valence-electron chi connectivity index (χ3n) is 7.63. The van der Waals surface area contributed by atoms with E-state index in [0.717, 1.165) is 44.6 Å². The van der Waals surface area contributed by atoms with Crippen LogP contribution in [0.1, 0.15) is 0 Å². The van der Waals surface area contributed by atoms with Gasteiger partial charge in [-0.1, -0.05) is 109 Å². The van der Waals surface area contributed by atoms with Gasteiger partial charge in [-0.3, -0.25) is 0 Å². The zero-order chi connectivity index (χ0) is 27.2. The van der Waals surface area contributed by atoms with E-state index in [2.05, 4.69) is 114 Å². The third kappa shape index (κ3) is 4.17. The van der Waals surface area contributed by atoms with Crippen LogP contribution in [-0.2, 0) is 0 Å². The smallest absolute Gasteiger partial charge is 0.160 e. The van der Waals surface area contributed by atoms with Crippen LogP contribution in [0, 0.1) is 0 Å². The van der Waals surface area contributed by atoms with Crippen molar-refractivity contribution in [2.45, 2.75) is 0 Å². The van der Waals surface area contributed by atoms with Crippen LogP contribution in [0.2, 0.25) is 0 Å². The molecule has 6 aromatic carbocycles. The minimum atomic E-state index is 0.731. The highest BCUT2D eigenvalue weighted by atomic mass is 32.1. The van der Waals surface area contributed by atoms with Crippen LogP contribution >= 0.6 is 11.3 Å². The average molecular weight is 542 g/mol. The van der Waals surface area contributed by atoms with Crippen LogP contribution in [-0.4, -0.2) is 15.0 Å². The summed E-state index contributed by atoms with van der Waals surface area (Å²) in [5.74, 6) is 0.731. The van der Waals surface area contributed by atoms with E-state index in [0.29, 0.717) is 0 Å². The fourth-order valence-electron chi connectivity index (χ4n) is 5.68. The number of fused-ring (bicyclic) bond motifs is 3. The summed E-state index contributed by atoms with van der Waals surface area (Å²) in [6.07, 6.45) is 0. The molecule has 0 saturated carbocycles. The van der Waals surface area contributed by atoms with Crippen LogP contribution in [0.4, 0.5) is 0 Å². The second kappa shape index (κ2) is 9.77. The fraction of sp³-hybridized carbons (Fsp3) is 0. The molecular weight excluding hydrogens is 518 g/mol. The maximum atomic E-state index is 5.12. The maximum Gasteiger partial charge on any atom is 0.160 e. The van der Waals surface area contributed by atoms with Gasteiger partial charge in [-0.15, -0.1) is 11.3 Å². The number of para-hydroxylation sites is 1. The lowest BCUT2D eigenvalue weighted by Gasteiger charge is -2.16. The molecule has 41 heavy (non-hydrogen) atoms. The Labute approximate surface area is 241 Å². The highest BCUT2D eigenvalue weighted by Crippen LogP contribution is 2.41. The first-order valence-electron chi connectivity index (χ1n) is 13.6. The summed E-state index contributed by atoms with van der Waals surface area (Å²) < 4.78 is 1.19. The summed E-state index contributed by atoms with van der Waals surface area (Å²) in [4.78, 5) is 14.5. The molecule has 0 aliphatic carbocycles. The summed E-state index contributed by atoms with van der Waals surface area (Å²) in [5.41, 5.74) is 11.7. The summed E-state index contributed by atoms with van der Waals surface area (Å²) in [5, 5.41) is 3.50. The molecule has 0 radical (unpaired) electrons. The molecule has 0 atom stereocenters. The fourth-order valence-corrected chi connectivity index (χ4v) is 6.40. The van der Waals surface area contributed by atoms with E-state index in [9.17, 15) is 0 Å². The number of hydrogen-bond donors (Lipinski definition) is 0. The Balaban J connectivity index is 1.35. The lowest BCUT2D eigenvalue weighted by Crippen LogP contribution is -1.95. The Morgan fingerprint density at radius 1 is 0.488 bits per heavy atom. The second-order valence-corrected chi connectivity index (χ2v) is 11.0. The molecule has 0 amide bonds. The number of thiazole rings is 1. The predicted molar refractivity (Wildman–Crippen MR) is 172 cm³/mol. The molecule has 0 saturated heterocycles. The van der Waals surface area contributed by atoms with Crippen molar-refractivity contribution < 1.29 is 0 Å². The van der Waals surface area contributed by atoms with E-state index >= 15 is 0 Å². The predicted octanol–water partition coefficient (Wildman–Crippen LogP) is 10.1. The number of rotatable bonds is 4. The topological polar surface area (TPSA) is 38.7 Å². The number of aromatic nitrogens is 3. The van der Waals surface area contributed by atoms with Crippen molar-refractivity contribution in [3.8, 4) is 44.9 Å². The Morgan fingerprint density at radius 2 is 1.27 bits per heavy atom. The van der Waals surface area contributed by atoms with Gasteiger partial charge in [0.15, 0.2) is 5.82 Å². The lowest BCUT2D eigenvalue weighted by molar-refractivity contribution is 1.23. The van der Waals surface area contributed by atoms with Crippen molar-refractivity contribution in [1.82, 2.24) is 15.0 Å². The molecule has 0 aliphatic heterocycles. The SMILES string of the molecule is c1ccc(-c2nc(-c3cccc(-c4ccc5ccccc5c4-c4ccc5ncsc5c4)c3)c3ccccc3n2)cc1. The molecule has 192 valence electrons. The highest BCUT2D eigenvalue weighted by Gasteiger charge is 2.16. The van der Waals surface area contributed by atoms with Crippen molar-refractivity contribution in [3.05, 3.63) is 139 Å². The first kappa shape index (κ1) is 23.7. The van der Waals surface area contributed by atoms with Gasteiger partial charge >= 0.3 is 0 Å². The molecule has 0 fully saturated rings. The van der Waals surface area contributed by atoms with E-state index in [1.165, 1.54) is 32.2 Å². The van der Waals surface area contributed by atoms with E-state index < -0.39 is 0 Å². The molecule has 0 unspecified atom stereocenters. The molecule has 0 spiro atoms. The number of hydrogen-bond acceptors (Lipinski definition) is 4. The normalized spacial score (nSPS) is 11.4. The van der Waals surface area contributed by atoms with Crippen LogP contribution < -0.4 is 0 Å². The Kier molecular flexibility index (Phi) is 5.64. The largest absolute Gasteiger partial charge is 0.245 e. The molecule has 2 heterocycles. The third-order valence-corrected chi connectivity index (χ3v) is 8.42. The van der Waals surface area contributed by atoms with E-state index in [-0.39, 0.29) is 0 Å². The van der Waals surface area contributed by atoms with Crippen molar-refractivity contribution in [3.63, 3.8) is 0 Å².